The fourth-order valence-corrected chi connectivity index (χ4v) is 1.65. The predicted octanol–water partition coefficient (Wildman–Crippen LogP) is 1.61. The average Bonchev–Trinajstić information content (AvgIpc) is 2.69. The Balaban J connectivity index is 2.47. The maximum absolute atomic E-state index is 10.7. The van der Waals surface area contributed by atoms with Crippen LogP contribution in [0.5, 0.6) is 0 Å². The van der Waals surface area contributed by atoms with Gasteiger partial charge in [-0.2, -0.15) is 0 Å². The summed E-state index contributed by atoms with van der Waals surface area (Å²) in [4.78, 5) is 18.8. The summed E-state index contributed by atoms with van der Waals surface area (Å²) in [5.41, 5.74) is 1.39. The zero-order valence-corrected chi connectivity index (χ0v) is 8.65. The number of hydrogen-bond donors (Lipinski definition) is 1. The van der Waals surface area contributed by atoms with Crippen LogP contribution in [0.3, 0.4) is 0 Å². The average molecular weight is 221 g/mol. The number of aromatic carboxylic acids is 1. The first-order chi connectivity index (χ1) is 7.18. The molecule has 0 spiro atoms. The molecule has 0 atom stereocenters. The van der Waals surface area contributed by atoms with Crippen LogP contribution in [-0.2, 0) is 0 Å². The second kappa shape index (κ2) is 3.74. The molecule has 6 heteroatoms. The summed E-state index contributed by atoms with van der Waals surface area (Å²) in [6.45, 7) is 1.65. The lowest BCUT2D eigenvalue weighted by atomic mass is 10.2. The van der Waals surface area contributed by atoms with E-state index in [9.17, 15) is 4.79 Å². The Morgan fingerprint density at radius 3 is 2.80 bits per heavy atom. The van der Waals surface area contributed by atoms with E-state index in [1.165, 1.54) is 17.7 Å². The smallest absolute Gasteiger partial charge is 0.339 e. The first kappa shape index (κ1) is 9.72. The number of carboxylic acid groups (broad SMARTS) is 1. The van der Waals surface area contributed by atoms with E-state index >= 15 is 0 Å². The van der Waals surface area contributed by atoms with Crippen molar-refractivity contribution in [2.24, 2.45) is 0 Å². The molecule has 2 heterocycles. The lowest BCUT2D eigenvalue weighted by Crippen LogP contribution is -2.03. The lowest BCUT2D eigenvalue weighted by molar-refractivity contribution is 0.0695. The molecular weight excluding hydrogens is 214 g/mol. The van der Waals surface area contributed by atoms with Gasteiger partial charge in [-0.05, 0) is 18.5 Å². The Bertz CT molecular complexity index is 496. The first-order valence-electron chi connectivity index (χ1n) is 4.15. The molecule has 1 N–H and O–H groups in total. The van der Waals surface area contributed by atoms with Gasteiger partial charge in [-0.1, -0.05) is 0 Å². The normalized spacial score (nSPS) is 10.2. The van der Waals surface area contributed by atoms with Crippen LogP contribution in [0.15, 0.2) is 17.8 Å². The van der Waals surface area contributed by atoms with Crippen LogP contribution >= 0.6 is 11.5 Å². The molecule has 0 aliphatic heterocycles. The minimum Gasteiger partial charge on any atom is -0.478 e. The maximum Gasteiger partial charge on any atom is 0.339 e. The van der Waals surface area contributed by atoms with Gasteiger partial charge in [0.15, 0.2) is 5.82 Å². The van der Waals surface area contributed by atoms with Crippen molar-refractivity contribution in [2.75, 3.05) is 0 Å². The van der Waals surface area contributed by atoms with E-state index in [0.717, 1.165) is 5.56 Å². The van der Waals surface area contributed by atoms with Gasteiger partial charge in [-0.15, -0.1) is 0 Å². The summed E-state index contributed by atoms with van der Waals surface area (Å²) in [5.74, 6) is -0.506. The first-order valence-corrected chi connectivity index (χ1v) is 4.99. The van der Waals surface area contributed by atoms with Gasteiger partial charge in [0.1, 0.15) is 0 Å². The van der Waals surface area contributed by atoms with E-state index in [1.807, 2.05) is 5.38 Å². The molecule has 2 rings (SSSR count). The number of carbonyl (C=O) groups is 1. The van der Waals surface area contributed by atoms with Gasteiger partial charge in [0.25, 0.3) is 0 Å². The molecule has 0 saturated carbocycles. The van der Waals surface area contributed by atoms with Crippen molar-refractivity contribution in [1.29, 1.82) is 0 Å². The van der Waals surface area contributed by atoms with Gasteiger partial charge in [0.2, 0.25) is 0 Å². The SMILES string of the molecule is Cc1nc(-c2cnsc2)ncc1C(=O)O. The van der Waals surface area contributed by atoms with Crippen molar-refractivity contribution in [1.82, 2.24) is 14.3 Å². The molecule has 0 bridgehead atoms. The summed E-state index contributed by atoms with van der Waals surface area (Å²) < 4.78 is 3.93. The van der Waals surface area contributed by atoms with Gasteiger partial charge >= 0.3 is 5.97 Å². The van der Waals surface area contributed by atoms with Gasteiger partial charge < -0.3 is 5.11 Å². The molecular formula is C9H7N3O2S. The summed E-state index contributed by atoms with van der Waals surface area (Å²) in [6.07, 6.45) is 2.97. The van der Waals surface area contributed by atoms with Crippen molar-refractivity contribution in [3.63, 3.8) is 0 Å². The monoisotopic (exact) mass is 221 g/mol. The molecule has 0 fully saturated rings. The molecule has 2 aromatic rings. The molecule has 5 nitrogen and oxygen atoms in total. The zero-order chi connectivity index (χ0) is 10.8. The largest absolute Gasteiger partial charge is 0.478 e. The quantitative estimate of drug-likeness (QED) is 0.833. The lowest BCUT2D eigenvalue weighted by Gasteiger charge is -2.01. The second-order valence-corrected chi connectivity index (χ2v) is 3.57. The minimum absolute atomic E-state index is 0.127. The maximum atomic E-state index is 10.7. The Morgan fingerprint density at radius 2 is 2.27 bits per heavy atom. The number of nitrogens with zero attached hydrogens (tertiary/aromatic N) is 3. The molecule has 0 aliphatic carbocycles. The third kappa shape index (κ3) is 1.84. The summed E-state index contributed by atoms with van der Waals surface area (Å²) >= 11 is 1.30. The Morgan fingerprint density at radius 1 is 1.47 bits per heavy atom. The summed E-state index contributed by atoms with van der Waals surface area (Å²) in [7, 11) is 0. The second-order valence-electron chi connectivity index (χ2n) is 2.91. The molecule has 0 aliphatic rings. The fraction of sp³-hybridized carbons (Fsp3) is 0.111. The van der Waals surface area contributed by atoms with E-state index in [0.29, 0.717) is 11.5 Å². The van der Waals surface area contributed by atoms with Crippen LogP contribution in [0.25, 0.3) is 11.4 Å². The highest BCUT2D eigenvalue weighted by atomic mass is 32.1. The van der Waals surface area contributed by atoms with Crippen LogP contribution in [0.2, 0.25) is 0 Å². The highest BCUT2D eigenvalue weighted by Crippen LogP contribution is 2.16. The van der Waals surface area contributed by atoms with E-state index in [-0.39, 0.29) is 5.56 Å². The number of rotatable bonds is 2. The predicted molar refractivity (Wildman–Crippen MR) is 54.8 cm³/mol. The van der Waals surface area contributed by atoms with Crippen LogP contribution in [0.1, 0.15) is 16.1 Å². The number of hydrogen-bond acceptors (Lipinski definition) is 5. The number of aromatic nitrogens is 3. The molecule has 76 valence electrons. The summed E-state index contributed by atoms with van der Waals surface area (Å²) in [5, 5.41) is 10.6. The highest BCUT2D eigenvalue weighted by molar-refractivity contribution is 7.03. The van der Waals surface area contributed by atoms with Crippen molar-refractivity contribution in [3.05, 3.63) is 29.0 Å². The Kier molecular flexibility index (Phi) is 2.42. The highest BCUT2D eigenvalue weighted by Gasteiger charge is 2.11. The molecule has 0 saturated heterocycles. The van der Waals surface area contributed by atoms with Gasteiger partial charge in [0.05, 0.1) is 17.5 Å². The topological polar surface area (TPSA) is 76.0 Å². The van der Waals surface area contributed by atoms with Gasteiger partial charge in [-0.3, -0.25) is 0 Å². The third-order valence-corrected chi connectivity index (χ3v) is 2.49. The fourth-order valence-electron chi connectivity index (χ4n) is 1.13. The van der Waals surface area contributed by atoms with Crippen LogP contribution in [-0.4, -0.2) is 25.4 Å². The minimum atomic E-state index is -1.01. The Labute approximate surface area is 89.6 Å². The molecule has 15 heavy (non-hydrogen) atoms. The Hall–Kier alpha value is -1.82. The van der Waals surface area contributed by atoms with Crippen molar-refractivity contribution in [3.8, 4) is 11.4 Å². The summed E-state index contributed by atoms with van der Waals surface area (Å²) in [6, 6.07) is 0. The van der Waals surface area contributed by atoms with Gasteiger partial charge in [-0.25, -0.2) is 19.1 Å². The molecule has 0 radical (unpaired) electrons. The van der Waals surface area contributed by atoms with Crippen molar-refractivity contribution < 1.29 is 9.90 Å². The molecule has 0 amide bonds. The molecule has 0 aromatic carbocycles. The number of carboxylic acids is 1. The van der Waals surface area contributed by atoms with Crippen LogP contribution in [0.4, 0.5) is 0 Å². The van der Waals surface area contributed by atoms with E-state index in [1.54, 1.807) is 13.1 Å². The van der Waals surface area contributed by atoms with Crippen LogP contribution < -0.4 is 0 Å². The molecule has 0 unspecified atom stereocenters. The van der Waals surface area contributed by atoms with Crippen molar-refractivity contribution in [2.45, 2.75) is 6.92 Å². The molecule has 2 aromatic heterocycles. The van der Waals surface area contributed by atoms with Crippen molar-refractivity contribution >= 4 is 17.5 Å². The van der Waals surface area contributed by atoms with E-state index in [4.69, 9.17) is 5.11 Å². The van der Waals surface area contributed by atoms with E-state index in [2.05, 4.69) is 14.3 Å². The standard InChI is InChI=1S/C9H7N3O2S/c1-5-7(9(13)14)3-10-8(12-5)6-2-11-15-4-6/h2-4H,1H3,(H,13,14). The van der Waals surface area contributed by atoms with Crippen LogP contribution in [0, 0.1) is 6.92 Å². The third-order valence-electron chi connectivity index (χ3n) is 1.90. The number of aryl methyl sites for hydroxylation is 1. The van der Waals surface area contributed by atoms with Gasteiger partial charge in [0, 0.05) is 17.1 Å². The zero-order valence-electron chi connectivity index (χ0n) is 7.84. The van der Waals surface area contributed by atoms with E-state index < -0.39 is 5.97 Å².